The van der Waals surface area contributed by atoms with Crippen molar-refractivity contribution in [3.05, 3.63) is 66.5 Å². The Labute approximate surface area is 123 Å². The lowest BCUT2D eigenvalue weighted by molar-refractivity contribution is 0.306. The molecule has 106 valence electrons. The maximum absolute atomic E-state index is 5.98. The zero-order valence-corrected chi connectivity index (χ0v) is 11.9. The summed E-state index contributed by atoms with van der Waals surface area (Å²) in [6.07, 6.45) is 1.71. The van der Waals surface area contributed by atoms with Gasteiger partial charge in [0.15, 0.2) is 0 Å². The van der Waals surface area contributed by atoms with Gasteiger partial charge in [-0.25, -0.2) is 4.98 Å². The fourth-order valence-corrected chi connectivity index (χ4v) is 2.11. The van der Waals surface area contributed by atoms with Crippen molar-refractivity contribution in [2.75, 3.05) is 5.73 Å². The first-order valence-corrected chi connectivity index (χ1v) is 6.78. The second-order valence-corrected chi connectivity index (χ2v) is 4.89. The Morgan fingerprint density at radius 2 is 1.76 bits per heavy atom. The van der Waals surface area contributed by atoms with Crippen molar-refractivity contribution >= 4 is 5.82 Å². The summed E-state index contributed by atoms with van der Waals surface area (Å²) in [7, 11) is 1.88. The van der Waals surface area contributed by atoms with E-state index in [2.05, 4.69) is 4.98 Å². The van der Waals surface area contributed by atoms with Gasteiger partial charge >= 0.3 is 0 Å². The minimum atomic E-state index is 0.561. The standard InChI is InChI=1S/C17H17N3O/c1-20-12-19-16(17(20)18)14-7-9-15(10-8-14)21-11-13-5-3-2-4-6-13/h2-10,12H,11,18H2,1H3. The molecule has 2 N–H and O–H groups in total. The van der Waals surface area contributed by atoms with E-state index in [0.717, 1.165) is 22.6 Å². The normalized spacial score (nSPS) is 10.5. The lowest BCUT2D eigenvalue weighted by Crippen LogP contribution is -1.96. The smallest absolute Gasteiger partial charge is 0.131 e. The van der Waals surface area contributed by atoms with Crippen LogP contribution in [0.2, 0.25) is 0 Å². The van der Waals surface area contributed by atoms with Crippen LogP contribution >= 0.6 is 0 Å². The van der Waals surface area contributed by atoms with Gasteiger partial charge < -0.3 is 15.0 Å². The van der Waals surface area contributed by atoms with E-state index in [1.165, 1.54) is 0 Å². The van der Waals surface area contributed by atoms with Gasteiger partial charge in [-0.1, -0.05) is 30.3 Å². The third kappa shape index (κ3) is 2.89. The summed E-state index contributed by atoms with van der Waals surface area (Å²) >= 11 is 0. The Hall–Kier alpha value is -2.75. The van der Waals surface area contributed by atoms with Gasteiger partial charge in [0.05, 0.1) is 6.33 Å². The van der Waals surface area contributed by atoms with Crippen LogP contribution in [0.4, 0.5) is 5.82 Å². The topological polar surface area (TPSA) is 53.1 Å². The zero-order valence-electron chi connectivity index (χ0n) is 11.9. The lowest BCUT2D eigenvalue weighted by atomic mass is 10.1. The van der Waals surface area contributed by atoms with E-state index in [-0.39, 0.29) is 0 Å². The van der Waals surface area contributed by atoms with Crippen LogP contribution in [0.15, 0.2) is 60.9 Å². The number of hydrogen-bond acceptors (Lipinski definition) is 3. The SMILES string of the molecule is Cn1cnc(-c2ccc(OCc3ccccc3)cc2)c1N. The molecule has 0 radical (unpaired) electrons. The quantitative estimate of drug-likeness (QED) is 0.797. The van der Waals surface area contributed by atoms with Gasteiger partial charge in [0.2, 0.25) is 0 Å². The van der Waals surface area contributed by atoms with Gasteiger partial charge in [-0.2, -0.15) is 0 Å². The molecule has 0 fully saturated rings. The summed E-state index contributed by atoms with van der Waals surface area (Å²) in [5.41, 5.74) is 8.91. The predicted molar refractivity (Wildman–Crippen MR) is 83.8 cm³/mol. The van der Waals surface area contributed by atoms with Crippen molar-refractivity contribution in [3.63, 3.8) is 0 Å². The number of aromatic nitrogens is 2. The minimum Gasteiger partial charge on any atom is -0.489 e. The molecule has 0 bridgehead atoms. The van der Waals surface area contributed by atoms with Crippen LogP contribution in [0.5, 0.6) is 5.75 Å². The highest BCUT2D eigenvalue weighted by atomic mass is 16.5. The van der Waals surface area contributed by atoms with Crippen LogP contribution in [0.1, 0.15) is 5.56 Å². The van der Waals surface area contributed by atoms with Gasteiger partial charge in [0.1, 0.15) is 23.9 Å². The van der Waals surface area contributed by atoms with Crippen LogP contribution in [0.3, 0.4) is 0 Å². The number of aryl methyl sites for hydroxylation is 1. The number of benzene rings is 2. The summed E-state index contributed by atoms with van der Waals surface area (Å²) in [5.74, 6) is 1.49. The molecule has 0 aliphatic carbocycles. The Kier molecular flexibility index (Phi) is 3.60. The summed E-state index contributed by atoms with van der Waals surface area (Å²) in [5, 5.41) is 0. The Bertz CT molecular complexity index is 718. The number of hydrogen-bond donors (Lipinski definition) is 1. The van der Waals surface area contributed by atoms with Crippen molar-refractivity contribution < 1.29 is 4.74 Å². The molecular weight excluding hydrogens is 262 g/mol. The van der Waals surface area contributed by atoms with E-state index >= 15 is 0 Å². The molecule has 0 unspecified atom stereocenters. The van der Waals surface area contributed by atoms with Crippen molar-refractivity contribution in [2.24, 2.45) is 7.05 Å². The van der Waals surface area contributed by atoms with Gasteiger partial charge in [-0.15, -0.1) is 0 Å². The number of nitrogens with zero attached hydrogens (tertiary/aromatic N) is 2. The number of nitrogens with two attached hydrogens (primary N) is 1. The monoisotopic (exact) mass is 279 g/mol. The van der Waals surface area contributed by atoms with E-state index in [1.54, 1.807) is 10.9 Å². The van der Waals surface area contributed by atoms with E-state index in [1.807, 2.05) is 61.6 Å². The first kappa shape index (κ1) is 13.2. The molecule has 0 saturated carbocycles. The molecule has 1 aromatic heterocycles. The Balaban J connectivity index is 1.71. The van der Waals surface area contributed by atoms with Crippen molar-refractivity contribution in [1.29, 1.82) is 0 Å². The molecule has 0 atom stereocenters. The van der Waals surface area contributed by atoms with E-state index in [9.17, 15) is 0 Å². The van der Waals surface area contributed by atoms with Crippen LogP contribution < -0.4 is 10.5 Å². The number of imidazole rings is 1. The number of rotatable bonds is 4. The summed E-state index contributed by atoms with van der Waals surface area (Å²) in [4.78, 5) is 4.31. The second-order valence-electron chi connectivity index (χ2n) is 4.89. The van der Waals surface area contributed by atoms with Gasteiger partial charge in [0.25, 0.3) is 0 Å². The average Bonchev–Trinajstić information content (AvgIpc) is 2.87. The van der Waals surface area contributed by atoms with Gasteiger partial charge in [0, 0.05) is 12.6 Å². The van der Waals surface area contributed by atoms with Gasteiger partial charge in [-0.05, 0) is 29.8 Å². The maximum atomic E-state index is 5.98. The first-order valence-electron chi connectivity index (χ1n) is 6.78. The number of ether oxygens (including phenoxy) is 1. The molecule has 3 aromatic rings. The molecule has 0 aliphatic rings. The highest BCUT2D eigenvalue weighted by molar-refractivity contribution is 5.70. The Morgan fingerprint density at radius 1 is 1.05 bits per heavy atom. The largest absolute Gasteiger partial charge is 0.489 e. The third-order valence-electron chi connectivity index (χ3n) is 3.36. The van der Waals surface area contributed by atoms with Crippen molar-refractivity contribution in [1.82, 2.24) is 9.55 Å². The molecule has 0 spiro atoms. The molecule has 0 amide bonds. The second kappa shape index (κ2) is 5.71. The fraction of sp³-hybridized carbons (Fsp3) is 0.118. The third-order valence-corrected chi connectivity index (χ3v) is 3.36. The molecule has 0 saturated heterocycles. The fourth-order valence-electron chi connectivity index (χ4n) is 2.11. The molecular formula is C17H17N3O. The molecule has 2 aromatic carbocycles. The molecule has 1 heterocycles. The summed E-state index contributed by atoms with van der Waals surface area (Å²) < 4.78 is 7.56. The van der Waals surface area contributed by atoms with Gasteiger partial charge in [-0.3, -0.25) is 0 Å². The predicted octanol–water partition coefficient (Wildman–Crippen LogP) is 3.25. The lowest BCUT2D eigenvalue weighted by Gasteiger charge is -2.07. The number of nitrogen functional groups attached to an aromatic ring is 1. The van der Waals surface area contributed by atoms with Crippen LogP contribution in [0, 0.1) is 0 Å². The summed E-state index contributed by atoms with van der Waals surface area (Å²) in [6, 6.07) is 17.9. The van der Waals surface area contributed by atoms with Crippen LogP contribution in [-0.2, 0) is 13.7 Å². The van der Waals surface area contributed by atoms with Crippen molar-refractivity contribution in [3.8, 4) is 17.0 Å². The zero-order chi connectivity index (χ0) is 14.7. The van der Waals surface area contributed by atoms with E-state index in [0.29, 0.717) is 12.4 Å². The maximum Gasteiger partial charge on any atom is 0.131 e. The van der Waals surface area contributed by atoms with Crippen LogP contribution in [-0.4, -0.2) is 9.55 Å². The first-order chi connectivity index (χ1) is 10.2. The van der Waals surface area contributed by atoms with E-state index < -0.39 is 0 Å². The molecule has 21 heavy (non-hydrogen) atoms. The van der Waals surface area contributed by atoms with Crippen LogP contribution in [0.25, 0.3) is 11.3 Å². The molecule has 4 nitrogen and oxygen atoms in total. The molecule has 4 heteroatoms. The average molecular weight is 279 g/mol. The highest BCUT2D eigenvalue weighted by Crippen LogP contribution is 2.25. The highest BCUT2D eigenvalue weighted by Gasteiger charge is 2.07. The number of anilines is 1. The molecule has 0 aliphatic heterocycles. The van der Waals surface area contributed by atoms with Crippen molar-refractivity contribution in [2.45, 2.75) is 6.61 Å². The van der Waals surface area contributed by atoms with E-state index in [4.69, 9.17) is 10.5 Å². The minimum absolute atomic E-state index is 0.561. The molecule has 3 rings (SSSR count). The Morgan fingerprint density at radius 3 is 2.38 bits per heavy atom. The summed E-state index contributed by atoms with van der Waals surface area (Å²) in [6.45, 7) is 0.561.